The smallest absolute Gasteiger partial charge is 0.159 e. The highest BCUT2D eigenvalue weighted by atomic mass is 16.3. The van der Waals surface area contributed by atoms with Crippen molar-refractivity contribution in [2.75, 3.05) is 0 Å². The zero-order valence-electron chi connectivity index (χ0n) is 29.8. The average Bonchev–Trinajstić information content (AvgIpc) is 3.66. The lowest BCUT2D eigenvalue weighted by Gasteiger charge is -2.24. The van der Waals surface area contributed by atoms with Gasteiger partial charge in [0.15, 0.2) is 5.84 Å². The number of para-hydroxylation sites is 1. The molecule has 0 aliphatic carbocycles. The first-order chi connectivity index (χ1) is 27.3. The first-order valence-corrected chi connectivity index (χ1v) is 18.7. The van der Waals surface area contributed by atoms with Gasteiger partial charge in [-0.3, -0.25) is 0 Å². The minimum Gasteiger partial charge on any atom is -0.455 e. The topological polar surface area (TPSA) is 49.9 Å². The zero-order valence-corrected chi connectivity index (χ0v) is 29.8. The van der Waals surface area contributed by atoms with Gasteiger partial charge in [-0.25, -0.2) is 9.98 Å². The number of nitrogens with one attached hydrogen (secondary N) is 1. The highest BCUT2D eigenvalue weighted by Crippen LogP contribution is 2.41. The summed E-state index contributed by atoms with van der Waals surface area (Å²) < 4.78 is 6.81. The van der Waals surface area contributed by atoms with Gasteiger partial charge in [-0.05, 0) is 72.8 Å². The van der Waals surface area contributed by atoms with Gasteiger partial charge < -0.3 is 9.73 Å². The lowest BCUT2D eigenvalue weighted by atomic mass is 9.91. The molecule has 1 unspecified atom stereocenters. The van der Waals surface area contributed by atoms with Crippen LogP contribution in [0.25, 0.3) is 76.5 Å². The maximum atomic E-state index is 6.81. The summed E-state index contributed by atoms with van der Waals surface area (Å²) in [5.74, 6) is 1.44. The maximum absolute atomic E-state index is 6.81. The number of benzene rings is 9. The predicted octanol–water partition coefficient (Wildman–Crippen LogP) is 12.9. The first-order valence-electron chi connectivity index (χ1n) is 18.7. The highest BCUT2D eigenvalue weighted by Gasteiger charge is 2.25. The van der Waals surface area contributed by atoms with Gasteiger partial charge in [0.2, 0.25) is 0 Å². The summed E-state index contributed by atoms with van der Waals surface area (Å²) in [4.78, 5) is 10.4. The summed E-state index contributed by atoms with van der Waals surface area (Å²) in [7, 11) is 0. The Kier molecular flexibility index (Phi) is 7.20. The molecular formula is C51H33N3O. The van der Waals surface area contributed by atoms with Crippen LogP contribution in [-0.4, -0.2) is 11.7 Å². The zero-order chi connectivity index (χ0) is 36.3. The molecule has 0 amide bonds. The molecule has 258 valence electrons. The van der Waals surface area contributed by atoms with Crippen molar-refractivity contribution < 1.29 is 4.42 Å². The van der Waals surface area contributed by atoms with E-state index >= 15 is 0 Å². The SMILES string of the molecule is c1ccc(-c2cccc(C3=NC(c4ccccc4)NC(c4cccc5oc6c(-c7ccc8c9ccccc9c9ccccc9c8c7)cccc6c45)=N3)c2)cc1. The van der Waals surface area contributed by atoms with E-state index < -0.39 is 0 Å². The number of hydrogen-bond acceptors (Lipinski definition) is 4. The number of rotatable bonds is 5. The molecule has 1 aromatic heterocycles. The van der Waals surface area contributed by atoms with E-state index in [4.69, 9.17) is 14.4 Å². The fraction of sp³-hybridized carbons (Fsp3) is 0.0196. The molecular weight excluding hydrogens is 671 g/mol. The molecule has 10 aromatic rings. The van der Waals surface area contributed by atoms with Crippen LogP contribution in [0.3, 0.4) is 0 Å². The lowest BCUT2D eigenvalue weighted by molar-refractivity contribution is 0.668. The molecule has 0 bridgehead atoms. The molecule has 1 N–H and O–H groups in total. The van der Waals surface area contributed by atoms with E-state index in [2.05, 4.69) is 181 Å². The monoisotopic (exact) mass is 703 g/mol. The summed E-state index contributed by atoms with van der Waals surface area (Å²) in [6, 6.07) is 66.2. The molecule has 0 radical (unpaired) electrons. The van der Waals surface area contributed by atoms with Gasteiger partial charge in [0.1, 0.15) is 23.2 Å². The van der Waals surface area contributed by atoms with Crippen LogP contribution in [0, 0.1) is 0 Å². The van der Waals surface area contributed by atoms with Crippen molar-refractivity contribution in [3.05, 3.63) is 205 Å². The summed E-state index contributed by atoms with van der Waals surface area (Å²) in [5.41, 5.74) is 9.11. The van der Waals surface area contributed by atoms with Crippen molar-refractivity contribution in [1.29, 1.82) is 0 Å². The Morgan fingerprint density at radius 2 is 1.00 bits per heavy atom. The Morgan fingerprint density at radius 3 is 1.76 bits per heavy atom. The van der Waals surface area contributed by atoms with E-state index in [9.17, 15) is 0 Å². The first kappa shape index (κ1) is 31.2. The molecule has 1 aliphatic heterocycles. The molecule has 0 saturated carbocycles. The van der Waals surface area contributed by atoms with Crippen LogP contribution >= 0.6 is 0 Å². The minimum atomic E-state index is -0.323. The number of fused-ring (bicyclic) bond motifs is 9. The molecule has 4 heteroatoms. The van der Waals surface area contributed by atoms with Crippen molar-refractivity contribution in [3.63, 3.8) is 0 Å². The second-order valence-electron chi connectivity index (χ2n) is 14.1. The Bertz CT molecular complexity index is 3140. The highest BCUT2D eigenvalue weighted by molar-refractivity contribution is 6.26. The van der Waals surface area contributed by atoms with Gasteiger partial charge >= 0.3 is 0 Å². The molecule has 0 fully saturated rings. The Morgan fingerprint density at radius 1 is 0.418 bits per heavy atom. The van der Waals surface area contributed by atoms with E-state index in [1.54, 1.807) is 0 Å². The molecule has 4 nitrogen and oxygen atoms in total. The van der Waals surface area contributed by atoms with Gasteiger partial charge in [-0.15, -0.1) is 0 Å². The van der Waals surface area contributed by atoms with Gasteiger partial charge in [0.05, 0.1) is 0 Å². The third kappa shape index (κ3) is 5.22. The molecule has 1 aliphatic rings. The average molecular weight is 704 g/mol. The van der Waals surface area contributed by atoms with Crippen LogP contribution in [0.1, 0.15) is 22.9 Å². The summed E-state index contributed by atoms with van der Waals surface area (Å²) in [5, 5.41) is 13.3. The van der Waals surface area contributed by atoms with Crippen molar-refractivity contribution in [2.45, 2.75) is 6.17 Å². The number of aliphatic imine (C=N–C) groups is 2. The Balaban J connectivity index is 1.08. The van der Waals surface area contributed by atoms with Crippen LogP contribution < -0.4 is 5.32 Å². The number of furan rings is 1. The second-order valence-corrected chi connectivity index (χ2v) is 14.1. The number of amidine groups is 2. The standard InChI is InChI=1S/C51H33N3O/c1-3-14-32(15-4-1)34-18-11-19-36(30-34)50-52-49(33-16-5-2-6-17-33)53-51(54-50)44-26-13-27-46-47(44)43-25-12-24-37(48(43)55-46)35-28-29-42-40-22-8-7-20-38(40)39-21-9-10-23-41(39)45(42)31-35/h1-31,49H,(H,52,53,54). The number of nitrogens with zero attached hydrogens (tertiary/aromatic N) is 2. The quantitative estimate of drug-likeness (QED) is 0.181. The van der Waals surface area contributed by atoms with Crippen LogP contribution in [0.15, 0.2) is 202 Å². The van der Waals surface area contributed by atoms with Crippen molar-refractivity contribution in [3.8, 4) is 22.3 Å². The molecule has 2 heterocycles. The second kappa shape index (κ2) is 12.7. The van der Waals surface area contributed by atoms with Crippen LogP contribution in [-0.2, 0) is 0 Å². The van der Waals surface area contributed by atoms with Crippen LogP contribution in [0.4, 0.5) is 0 Å². The summed E-state index contributed by atoms with van der Waals surface area (Å²) >= 11 is 0. The molecule has 11 rings (SSSR count). The van der Waals surface area contributed by atoms with Gasteiger partial charge in [0, 0.05) is 27.5 Å². The van der Waals surface area contributed by atoms with E-state index in [0.717, 1.165) is 66.7 Å². The lowest BCUT2D eigenvalue weighted by Crippen LogP contribution is -2.33. The van der Waals surface area contributed by atoms with E-state index in [-0.39, 0.29) is 6.17 Å². The van der Waals surface area contributed by atoms with Gasteiger partial charge in [0.25, 0.3) is 0 Å². The van der Waals surface area contributed by atoms with E-state index in [1.165, 1.54) is 32.3 Å². The molecule has 0 saturated heterocycles. The fourth-order valence-corrected chi connectivity index (χ4v) is 8.34. The normalized spacial score (nSPS) is 14.4. The third-order valence-electron chi connectivity index (χ3n) is 10.9. The Labute approximate surface area is 317 Å². The molecule has 55 heavy (non-hydrogen) atoms. The molecule has 0 spiro atoms. The summed E-state index contributed by atoms with van der Waals surface area (Å²) in [6.07, 6.45) is -0.323. The van der Waals surface area contributed by atoms with Crippen LogP contribution in [0.2, 0.25) is 0 Å². The maximum Gasteiger partial charge on any atom is 0.159 e. The Hall–Kier alpha value is -7.30. The minimum absolute atomic E-state index is 0.323. The fourth-order valence-electron chi connectivity index (χ4n) is 8.34. The van der Waals surface area contributed by atoms with Crippen molar-refractivity contribution in [2.24, 2.45) is 9.98 Å². The van der Waals surface area contributed by atoms with E-state index in [1.807, 2.05) is 12.1 Å². The molecule has 9 aromatic carbocycles. The predicted molar refractivity (Wildman–Crippen MR) is 229 cm³/mol. The largest absolute Gasteiger partial charge is 0.455 e. The number of hydrogen-bond donors (Lipinski definition) is 1. The van der Waals surface area contributed by atoms with Gasteiger partial charge in [-0.1, -0.05) is 170 Å². The van der Waals surface area contributed by atoms with Gasteiger partial charge in [-0.2, -0.15) is 0 Å². The van der Waals surface area contributed by atoms with Crippen molar-refractivity contribution >= 4 is 65.9 Å². The van der Waals surface area contributed by atoms with Crippen LogP contribution in [0.5, 0.6) is 0 Å². The summed E-state index contributed by atoms with van der Waals surface area (Å²) in [6.45, 7) is 0. The third-order valence-corrected chi connectivity index (χ3v) is 10.9. The van der Waals surface area contributed by atoms with E-state index in [0.29, 0.717) is 5.84 Å². The van der Waals surface area contributed by atoms with Crippen molar-refractivity contribution in [1.82, 2.24) is 5.32 Å². The molecule has 1 atom stereocenters.